The second-order valence-corrected chi connectivity index (χ2v) is 7.55. The largest absolute Gasteiger partial charge is 0.508 e. The molecule has 0 radical (unpaired) electrons. The van der Waals surface area contributed by atoms with E-state index < -0.39 is 5.91 Å². The van der Waals surface area contributed by atoms with Crippen LogP contribution >= 0.6 is 15.9 Å². The first-order valence-electron chi connectivity index (χ1n) is 9.14. The lowest BCUT2D eigenvalue weighted by molar-refractivity contribution is -0.112. The van der Waals surface area contributed by atoms with Gasteiger partial charge in [-0.2, -0.15) is 5.26 Å². The van der Waals surface area contributed by atoms with Crippen molar-refractivity contribution < 1.29 is 14.6 Å². The Labute approximate surface area is 183 Å². The van der Waals surface area contributed by atoms with Gasteiger partial charge in [0.25, 0.3) is 5.91 Å². The molecule has 0 spiro atoms. The molecule has 0 saturated heterocycles. The maximum absolute atomic E-state index is 12.5. The average molecular weight is 463 g/mol. The highest BCUT2D eigenvalue weighted by Gasteiger charge is 2.12. The number of nitriles is 1. The summed E-state index contributed by atoms with van der Waals surface area (Å²) in [6, 6.07) is 21.4. The van der Waals surface area contributed by atoms with Crippen molar-refractivity contribution in [2.45, 2.75) is 13.5 Å². The molecule has 3 aromatic carbocycles. The summed E-state index contributed by atoms with van der Waals surface area (Å²) in [5.74, 6) is 0.103. The first kappa shape index (κ1) is 21.2. The fraction of sp³-hybridized carbons (Fsp3) is 0.0833. The molecular formula is C24H19BrN2O3. The van der Waals surface area contributed by atoms with E-state index >= 15 is 0 Å². The summed E-state index contributed by atoms with van der Waals surface area (Å²) in [7, 11) is 0. The second-order valence-electron chi connectivity index (χ2n) is 6.63. The topological polar surface area (TPSA) is 82.3 Å². The summed E-state index contributed by atoms with van der Waals surface area (Å²) in [5, 5.41) is 21.5. The number of carbonyl (C=O) groups excluding carboxylic acids is 1. The number of aryl methyl sites for hydroxylation is 1. The van der Waals surface area contributed by atoms with Gasteiger partial charge >= 0.3 is 0 Å². The van der Waals surface area contributed by atoms with Gasteiger partial charge in [0, 0.05) is 15.7 Å². The fourth-order valence-electron chi connectivity index (χ4n) is 2.77. The lowest BCUT2D eigenvalue weighted by Gasteiger charge is -2.11. The van der Waals surface area contributed by atoms with E-state index in [0.717, 1.165) is 15.6 Å². The first-order chi connectivity index (χ1) is 14.4. The maximum atomic E-state index is 12.5. The monoisotopic (exact) mass is 462 g/mol. The van der Waals surface area contributed by atoms with Crippen LogP contribution in [0.1, 0.15) is 16.7 Å². The summed E-state index contributed by atoms with van der Waals surface area (Å²) in [4.78, 5) is 12.5. The number of phenols is 1. The summed E-state index contributed by atoms with van der Waals surface area (Å²) < 4.78 is 6.75. The van der Waals surface area contributed by atoms with Gasteiger partial charge in [0.2, 0.25) is 0 Å². The number of hydrogen-bond donors (Lipinski definition) is 2. The Morgan fingerprint density at radius 1 is 1.17 bits per heavy atom. The van der Waals surface area contributed by atoms with Gasteiger partial charge < -0.3 is 15.2 Å². The molecule has 30 heavy (non-hydrogen) atoms. The van der Waals surface area contributed by atoms with Gasteiger partial charge in [0.05, 0.1) is 0 Å². The van der Waals surface area contributed by atoms with E-state index in [4.69, 9.17) is 4.74 Å². The molecule has 0 aliphatic rings. The van der Waals surface area contributed by atoms with Crippen molar-refractivity contribution in [2.24, 2.45) is 0 Å². The molecule has 2 N–H and O–H groups in total. The number of rotatable bonds is 6. The SMILES string of the molecule is Cc1cccc(COc2ccc(Br)cc2/C=C(\C#N)C(=O)Nc2ccc(O)cc2)c1. The predicted octanol–water partition coefficient (Wildman–Crippen LogP) is 5.59. The maximum Gasteiger partial charge on any atom is 0.266 e. The van der Waals surface area contributed by atoms with Crippen LogP contribution in [0.15, 0.2) is 76.8 Å². The Hall–Kier alpha value is -3.56. The number of anilines is 1. The number of hydrogen-bond acceptors (Lipinski definition) is 4. The number of halogens is 1. The lowest BCUT2D eigenvalue weighted by Crippen LogP contribution is -2.13. The van der Waals surface area contributed by atoms with E-state index in [1.54, 1.807) is 24.3 Å². The van der Waals surface area contributed by atoms with Crippen molar-refractivity contribution in [3.63, 3.8) is 0 Å². The number of nitrogens with zero attached hydrogens (tertiary/aromatic N) is 1. The summed E-state index contributed by atoms with van der Waals surface area (Å²) in [5.41, 5.74) is 3.18. The van der Waals surface area contributed by atoms with Gasteiger partial charge in [-0.3, -0.25) is 4.79 Å². The third-order valence-electron chi connectivity index (χ3n) is 4.24. The number of carbonyl (C=O) groups is 1. The van der Waals surface area contributed by atoms with Gasteiger partial charge in [-0.1, -0.05) is 45.8 Å². The van der Waals surface area contributed by atoms with E-state index in [0.29, 0.717) is 23.6 Å². The van der Waals surface area contributed by atoms with E-state index in [9.17, 15) is 15.2 Å². The highest BCUT2D eigenvalue weighted by molar-refractivity contribution is 9.10. The Kier molecular flexibility index (Phi) is 6.89. The highest BCUT2D eigenvalue weighted by Crippen LogP contribution is 2.27. The van der Waals surface area contributed by atoms with Gasteiger partial charge in [-0.15, -0.1) is 0 Å². The molecule has 150 valence electrons. The number of nitrogens with one attached hydrogen (secondary N) is 1. The standard InChI is InChI=1S/C24H19BrN2O3/c1-16-3-2-4-17(11-16)15-30-23-10-5-20(25)13-18(23)12-19(14-26)24(29)27-21-6-8-22(28)9-7-21/h2-13,28H,15H2,1H3,(H,27,29)/b19-12+. The molecule has 3 aromatic rings. The molecule has 0 heterocycles. The average Bonchev–Trinajstić information content (AvgIpc) is 2.73. The molecular weight excluding hydrogens is 444 g/mol. The van der Waals surface area contributed by atoms with Crippen LogP contribution in [0.4, 0.5) is 5.69 Å². The molecule has 0 atom stereocenters. The van der Waals surface area contributed by atoms with E-state index in [1.165, 1.54) is 18.2 Å². The van der Waals surface area contributed by atoms with Crippen LogP contribution in [0, 0.1) is 18.3 Å². The Balaban J connectivity index is 1.82. The van der Waals surface area contributed by atoms with Crippen LogP contribution in [0.5, 0.6) is 11.5 Å². The van der Waals surface area contributed by atoms with Gasteiger partial charge in [0.1, 0.15) is 29.7 Å². The Bertz CT molecular complexity index is 1130. The number of ether oxygens (including phenoxy) is 1. The number of amides is 1. The molecule has 1 amide bonds. The molecule has 5 nitrogen and oxygen atoms in total. The van der Waals surface area contributed by atoms with Crippen molar-refractivity contribution in [1.82, 2.24) is 0 Å². The van der Waals surface area contributed by atoms with Crippen LogP contribution in [0.25, 0.3) is 6.08 Å². The van der Waals surface area contributed by atoms with Crippen molar-refractivity contribution >= 4 is 33.6 Å². The van der Waals surface area contributed by atoms with Crippen LogP contribution in [0.3, 0.4) is 0 Å². The van der Waals surface area contributed by atoms with Crippen molar-refractivity contribution in [3.8, 4) is 17.6 Å². The smallest absolute Gasteiger partial charge is 0.266 e. The minimum Gasteiger partial charge on any atom is -0.508 e. The van der Waals surface area contributed by atoms with Gasteiger partial charge in [-0.25, -0.2) is 0 Å². The lowest BCUT2D eigenvalue weighted by atomic mass is 10.1. The number of aromatic hydroxyl groups is 1. The molecule has 0 fully saturated rings. The molecule has 0 aliphatic carbocycles. The van der Waals surface area contributed by atoms with E-state index in [-0.39, 0.29) is 11.3 Å². The van der Waals surface area contributed by atoms with Crippen LogP contribution in [-0.4, -0.2) is 11.0 Å². The molecule has 0 bridgehead atoms. The third kappa shape index (κ3) is 5.72. The van der Waals surface area contributed by atoms with E-state index in [2.05, 4.69) is 21.2 Å². The molecule has 3 rings (SSSR count). The van der Waals surface area contributed by atoms with Crippen molar-refractivity contribution in [2.75, 3.05) is 5.32 Å². The highest BCUT2D eigenvalue weighted by atomic mass is 79.9. The van der Waals surface area contributed by atoms with Gasteiger partial charge in [0.15, 0.2) is 0 Å². The third-order valence-corrected chi connectivity index (χ3v) is 4.73. The van der Waals surface area contributed by atoms with Crippen molar-refractivity contribution in [3.05, 3.63) is 93.5 Å². The summed E-state index contributed by atoms with van der Waals surface area (Å²) >= 11 is 3.42. The molecule has 0 saturated carbocycles. The first-order valence-corrected chi connectivity index (χ1v) is 9.94. The summed E-state index contributed by atoms with van der Waals surface area (Å²) in [6.07, 6.45) is 1.49. The zero-order chi connectivity index (χ0) is 21.5. The second kappa shape index (κ2) is 9.77. The molecule has 0 aromatic heterocycles. The zero-order valence-corrected chi connectivity index (χ0v) is 17.8. The molecule has 6 heteroatoms. The zero-order valence-electron chi connectivity index (χ0n) is 16.2. The minimum atomic E-state index is -0.548. The fourth-order valence-corrected chi connectivity index (χ4v) is 3.15. The Morgan fingerprint density at radius 3 is 2.63 bits per heavy atom. The number of phenolic OH excluding ortho intramolecular Hbond substituents is 1. The quantitative estimate of drug-likeness (QED) is 0.284. The van der Waals surface area contributed by atoms with Crippen LogP contribution < -0.4 is 10.1 Å². The summed E-state index contributed by atoms with van der Waals surface area (Å²) in [6.45, 7) is 2.38. The van der Waals surface area contributed by atoms with Crippen LogP contribution in [0.2, 0.25) is 0 Å². The molecule has 0 aliphatic heterocycles. The molecule has 0 unspecified atom stereocenters. The predicted molar refractivity (Wildman–Crippen MR) is 120 cm³/mol. The van der Waals surface area contributed by atoms with Gasteiger partial charge in [-0.05, 0) is 61.0 Å². The normalized spacial score (nSPS) is 10.9. The van der Waals surface area contributed by atoms with Crippen LogP contribution in [-0.2, 0) is 11.4 Å². The minimum absolute atomic E-state index is 0.0680. The Morgan fingerprint density at radius 2 is 1.93 bits per heavy atom. The van der Waals surface area contributed by atoms with E-state index in [1.807, 2.05) is 43.3 Å². The van der Waals surface area contributed by atoms with Crippen molar-refractivity contribution in [1.29, 1.82) is 5.26 Å². The number of benzene rings is 3.